The van der Waals surface area contributed by atoms with Crippen LogP contribution in [0.1, 0.15) is 34.1 Å². The lowest BCUT2D eigenvalue weighted by atomic mass is 10.2. The maximum atomic E-state index is 11.4. The SMILES string of the molecule is CCN1CCOC(CNCCCNC(=O)OC(C)(C)C)C1. The van der Waals surface area contributed by atoms with Gasteiger partial charge in [-0.15, -0.1) is 0 Å². The van der Waals surface area contributed by atoms with E-state index in [0.717, 1.165) is 45.8 Å². The summed E-state index contributed by atoms with van der Waals surface area (Å²) in [5.74, 6) is 0. The molecule has 124 valence electrons. The van der Waals surface area contributed by atoms with E-state index in [9.17, 15) is 4.79 Å². The minimum absolute atomic E-state index is 0.275. The van der Waals surface area contributed by atoms with Gasteiger partial charge < -0.3 is 20.1 Å². The molecule has 1 aliphatic rings. The first kappa shape index (κ1) is 18.2. The predicted molar refractivity (Wildman–Crippen MR) is 83.6 cm³/mol. The van der Waals surface area contributed by atoms with E-state index in [-0.39, 0.29) is 12.2 Å². The Hall–Kier alpha value is -0.850. The summed E-state index contributed by atoms with van der Waals surface area (Å²) in [6.07, 6.45) is 0.804. The van der Waals surface area contributed by atoms with Gasteiger partial charge in [0.15, 0.2) is 0 Å². The Labute approximate surface area is 128 Å². The first-order valence-corrected chi connectivity index (χ1v) is 7.92. The first-order chi connectivity index (χ1) is 9.90. The summed E-state index contributed by atoms with van der Waals surface area (Å²) in [6, 6.07) is 0. The maximum absolute atomic E-state index is 11.4. The highest BCUT2D eigenvalue weighted by Crippen LogP contribution is 2.06. The standard InChI is InChI=1S/C15H31N3O3/c1-5-18-9-10-20-13(12-18)11-16-7-6-8-17-14(19)21-15(2,3)4/h13,16H,5-12H2,1-4H3,(H,17,19). The number of likely N-dealkylation sites (N-methyl/N-ethyl adjacent to an activating group) is 1. The lowest BCUT2D eigenvalue weighted by Crippen LogP contribution is -2.46. The summed E-state index contributed by atoms with van der Waals surface area (Å²) in [6.45, 7) is 14.0. The van der Waals surface area contributed by atoms with Crippen molar-refractivity contribution in [1.29, 1.82) is 0 Å². The van der Waals surface area contributed by atoms with Gasteiger partial charge in [0, 0.05) is 26.2 Å². The van der Waals surface area contributed by atoms with E-state index in [1.54, 1.807) is 0 Å². The van der Waals surface area contributed by atoms with Crippen molar-refractivity contribution in [3.8, 4) is 0 Å². The fourth-order valence-electron chi connectivity index (χ4n) is 2.17. The van der Waals surface area contributed by atoms with E-state index in [4.69, 9.17) is 9.47 Å². The van der Waals surface area contributed by atoms with Gasteiger partial charge >= 0.3 is 6.09 Å². The molecule has 0 aromatic rings. The maximum Gasteiger partial charge on any atom is 0.407 e. The topological polar surface area (TPSA) is 62.8 Å². The zero-order valence-electron chi connectivity index (χ0n) is 13.9. The molecule has 1 aliphatic heterocycles. The third-order valence-electron chi connectivity index (χ3n) is 3.24. The smallest absolute Gasteiger partial charge is 0.407 e. The van der Waals surface area contributed by atoms with Gasteiger partial charge in [0.25, 0.3) is 0 Å². The number of rotatable bonds is 7. The Morgan fingerprint density at radius 3 is 2.81 bits per heavy atom. The van der Waals surface area contributed by atoms with Gasteiger partial charge in [-0.1, -0.05) is 6.92 Å². The quantitative estimate of drug-likeness (QED) is 0.692. The van der Waals surface area contributed by atoms with E-state index in [2.05, 4.69) is 22.5 Å². The monoisotopic (exact) mass is 301 g/mol. The van der Waals surface area contributed by atoms with Crippen molar-refractivity contribution in [3.05, 3.63) is 0 Å². The van der Waals surface area contributed by atoms with Crippen LogP contribution in [-0.4, -0.2) is 68.6 Å². The van der Waals surface area contributed by atoms with Crippen LogP contribution in [-0.2, 0) is 9.47 Å². The second kappa shape index (κ2) is 9.23. The Morgan fingerprint density at radius 2 is 2.14 bits per heavy atom. The van der Waals surface area contributed by atoms with Crippen LogP contribution < -0.4 is 10.6 Å². The number of ether oxygens (including phenoxy) is 2. The second-order valence-electron chi connectivity index (χ2n) is 6.37. The number of hydrogen-bond donors (Lipinski definition) is 2. The number of nitrogens with zero attached hydrogens (tertiary/aromatic N) is 1. The largest absolute Gasteiger partial charge is 0.444 e. The average molecular weight is 301 g/mol. The minimum atomic E-state index is -0.439. The van der Waals surface area contributed by atoms with Gasteiger partial charge in [-0.2, -0.15) is 0 Å². The molecule has 0 spiro atoms. The van der Waals surface area contributed by atoms with E-state index < -0.39 is 5.60 Å². The molecule has 1 saturated heterocycles. The molecule has 1 rings (SSSR count). The van der Waals surface area contributed by atoms with Crippen LogP contribution in [0.3, 0.4) is 0 Å². The van der Waals surface area contributed by atoms with E-state index >= 15 is 0 Å². The van der Waals surface area contributed by atoms with Gasteiger partial charge in [-0.25, -0.2) is 4.79 Å². The number of nitrogens with one attached hydrogen (secondary N) is 2. The summed E-state index contributed by atoms with van der Waals surface area (Å²) in [5.41, 5.74) is -0.439. The summed E-state index contributed by atoms with van der Waals surface area (Å²) < 4.78 is 10.9. The third-order valence-corrected chi connectivity index (χ3v) is 3.24. The molecule has 1 atom stereocenters. The Kier molecular flexibility index (Phi) is 8.00. The molecule has 0 saturated carbocycles. The molecule has 1 amide bonds. The van der Waals surface area contributed by atoms with Crippen LogP contribution in [0.25, 0.3) is 0 Å². The van der Waals surface area contributed by atoms with Crippen molar-refractivity contribution >= 4 is 6.09 Å². The molecule has 0 bridgehead atoms. The van der Waals surface area contributed by atoms with Crippen LogP contribution in [0.2, 0.25) is 0 Å². The fraction of sp³-hybridized carbons (Fsp3) is 0.933. The van der Waals surface area contributed by atoms with Gasteiger partial charge in [-0.05, 0) is 40.3 Å². The second-order valence-corrected chi connectivity index (χ2v) is 6.37. The number of amides is 1. The van der Waals surface area contributed by atoms with E-state index in [1.807, 2.05) is 20.8 Å². The highest BCUT2D eigenvalue weighted by atomic mass is 16.6. The van der Waals surface area contributed by atoms with Gasteiger partial charge in [0.1, 0.15) is 5.60 Å². The highest BCUT2D eigenvalue weighted by molar-refractivity contribution is 5.67. The summed E-state index contributed by atoms with van der Waals surface area (Å²) >= 11 is 0. The average Bonchev–Trinajstić information content (AvgIpc) is 2.41. The molecule has 0 aromatic heterocycles. The van der Waals surface area contributed by atoms with Gasteiger partial charge in [-0.3, -0.25) is 4.90 Å². The zero-order chi connectivity index (χ0) is 15.7. The van der Waals surface area contributed by atoms with Crippen molar-refractivity contribution < 1.29 is 14.3 Å². The summed E-state index contributed by atoms with van der Waals surface area (Å²) in [4.78, 5) is 13.8. The molecule has 0 aliphatic carbocycles. The van der Waals surface area contributed by atoms with Crippen LogP contribution >= 0.6 is 0 Å². The molecular formula is C15H31N3O3. The Morgan fingerprint density at radius 1 is 1.38 bits per heavy atom. The molecule has 2 N–H and O–H groups in total. The van der Waals surface area contributed by atoms with Crippen LogP contribution in [0.15, 0.2) is 0 Å². The molecular weight excluding hydrogens is 270 g/mol. The number of carbonyl (C=O) groups excluding carboxylic acids is 1. The molecule has 1 heterocycles. The molecule has 0 radical (unpaired) electrons. The molecule has 6 heteroatoms. The number of morpholine rings is 1. The van der Waals surface area contributed by atoms with Gasteiger partial charge in [0.2, 0.25) is 0 Å². The zero-order valence-corrected chi connectivity index (χ0v) is 13.9. The van der Waals surface area contributed by atoms with Crippen LogP contribution in [0.4, 0.5) is 4.79 Å². The lowest BCUT2D eigenvalue weighted by molar-refractivity contribution is -0.0251. The van der Waals surface area contributed by atoms with Crippen molar-refractivity contribution in [3.63, 3.8) is 0 Å². The molecule has 6 nitrogen and oxygen atoms in total. The number of carbonyl (C=O) groups is 1. The molecule has 1 fully saturated rings. The van der Waals surface area contributed by atoms with E-state index in [0.29, 0.717) is 6.54 Å². The normalized spacial score (nSPS) is 20.3. The predicted octanol–water partition coefficient (Wildman–Crippen LogP) is 1.21. The van der Waals surface area contributed by atoms with Crippen molar-refractivity contribution in [2.24, 2.45) is 0 Å². The molecule has 1 unspecified atom stereocenters. The number of alkyl carbamates (subject to hydrolysis) is 1. The Balaban J connectivity index is 1.98. The third kappa shape index (κ3) is 8.90. The van der Waals surface area contributed by atoms with Crippen molar-refractivity contribution in [2.45, 2.75) is 45.8 Å². The van der Waals surface area contributed by atoms with E-state index in [1.165, 1.54) is 0 Å². The molecule has 0 aromatic carbocycles. The minimum Gasteiger partial charge on any atom is -0.444 e. The van der Waals surface area contributed by atoms with Crippen molar-refractivity contribution in [1.82, 2.24) is 15.5 Å². The summed E-state index contributed by atoms with van der Waals surface area (Å²) in [7, 11) is 0. The summed E-state index contributed by atoms with van der Waals surface area (Å²) in [5, 5.41) is 6.13. The number of hydrogen-bond acceptors (Lipinski definition) is 5. The highest BCUT2D eigenvalue weighted by Gasteiger charge is 2.18. The first-order valence-electron chi connectivity index (χ1n) is 7.92. The van der Waals surface area contributed by atoms with Gasteiger partial charge in [0.05, 0.1) is 12.7 Å². The Bertz CT molecular complexity index is 305. The fourth-order valence-corrected chi connectivity index (χ4v) is 2.17. The molecule has 21 heavy (non-hydrogen) atoms. The lowest BCUT2D eigenvalue weighted by Gasteiger charge is -2.32. The van der Waals surface area contributed by atoms with Crippen molar-refractivity contribution in [2.75, 3.05) is 45.9 Å². The van der Waals surface area contributed by atoms with Crippen LogP contribution in [0.5, 0.6) is 0 Å². The van der Waals surface area contributed by atoms with Crippen LogP contribution in [0, 0.1) is 0 Å².